The largest absolute Gasteiger partial charge is 0.356 e. The number of carbonyl (C=O) groups excluding carboxylic acids is 1. The number of rotatable bonds is 7. The molecular weight excluding hydrogens is 381 g/mol. The number of nitrogens with one attached hydrogen (secondary N) is 1. The fourth-order valence-corrected chi connectivity index (χ4v) is 4.31. The van der Waals surface area contributed by atoms with Gasteiger partial charge in [-0.15, -0.1) is 0 Å². The molecule has 6 nitrogen and oxygen atoms in total. The summed E-state index contributed by atoms with van der Waals surface area (Å²) in [6, 6.07) is 6.31. The topological polar surface area (TPSA) is 61.4 Å². The summed E-state index contributed by atoms with van der Waals surface area (Å²) < 4.78 is 13.1. The van der Waals surface area contributed by atoms with E-state index >= 15 is 0 Å². The number of halogens is 1. The van der Waals surface area contributed by atoms with Crippen molar-refractivity contribution in [2.24, 2.45) is 5.92 Å². The van der Waals surface area contributed by atoms with Crippen LogP contribution in [0, 0.1) is 11.7 Å². The van der Waals surface area contributed by atoms with Gasteiger partial charge < -0.3 is 15.1 Å². The Morgan fingerprint density at radius 3 is 2.50 bits per heavy atom. The van der Waals surface area contributed by atoms with Gasteiger partial charge in [0, 0.05) is 37.6 Å². The van der Waals surface area contributed by atoms with Crippen LogP contribution >= 0.6 is 0 Å². The molecule has 2 saturated heterocycles. The van der Waals surface area contributed by atoms with Crippen molar-refractivity contribution in [3.8, 4) is 11.1 Å². The molecule has 0 radical (unpaired) electrons. The van der Waals surface area contributed by atoms with E-state index in [9.17, 15) is 9.18 Å². The van der Waals surface area contributed by atoms with Crippen molar-refractivity contribution in [2.45, 2.75) is 32.1 Å². The molecule has 1 atom stereocenters. The molecule has 0 aliphatic carbocycles. The van der Waals surface area contributed by atoms with Crippen LogP contribution in [0.3, 0.4) is 0 Å². The van der Waals surface area contributed by atoms with E-state index in [0.29, 0.717) is 12.5 Å². The van der Waals surface area contributed by atoms with Gasteiger partial charge in [-0.3, -0.25) is 4.79 Å². The Labute approximate surface area is 177 Å². The Hall–Kier alpha value is -2.54. The van der Waals surface area contributed by atoms with Gasteiger partial charge in [0.05, 0.1) is 5.92 Å². The van der Waals surface area contributed by atoms with Gasteiger partial charge in [-0.2, -0.15) is 0 Å². The highest BCUT2D eigenvalue weighted by Crippen LogP contribution is 2.23. The minimum Gasteiger partial charge on any atom is -0.356 e. The minimum absolute atomic E-state index is 0.0223. The highest BCUT2D eigenvalue weighted by Gasteiger charge is 2.27. The first kappa shape index (κ1) is 20.7. The Kier molecular flexibility index (Phi) is 6.89. The van der Waals surface area contributed by atoms with Crippen molar-refractivity contribution < 1.29 is 9.18 Å². The average molecular weight is 412 g/mol. The van der Waals surface area contributed by atoms with E-state index in [-0.39, 0.29) is 17.6 Å². The molecule has 0 bridgehead atoms. The number of benzene rings is 1. The maximum atomic E-state index is 13.1. The minimum atomic E-state index is -0.259. The smallest absolute Gasteiger partial charge is 0.225 e. The molecule has 1 N–H and O–H groups in total. The lowest BCUT2D eigenvalue weighted by Gasteiger charge is -2.32. The Morgan fingerprint density at radius 2 is 1.77 bits per heavy atom. The fourth-order valence-electron chi connectivity index (χ4n) is 4.31. The van der Waals surface area contributed by atoms with E-state index in [1.54, 1.807) is 24.5 Å². The van der Waals surface area contributed by atoms with Crippen molar-refractivity contribution in [3.63, 3.8) is 0 Å². The van der Waals surface area contributed by atoms with Crippen LogP contribution in [0.25, 0.3) is 11.1 Å². The molecule has 1 aromatic carbocycles. The lowest BCUT2D eigenvalue weighted by Crippen LogP contribution is -2.44. The monoisotopic (exact) mass is 411 g/mol. The predicted molar refractivity (Wildman–Crippen MR) is 116 cm³/mol. The molecule has 2 fully saturated rings. The van der Waals surface area contributed by atoms with Gasteiger partial charge in [0.15, 0.2) is 0 Å². The molecule has 0 unspecified atom stereocenters. The molecule has 160 valence electrons. The third kappa shape index (κ3) is 5.33. The summed E-state index contributed by atoms with van der Waals surface area (Å²) in [6.45, 7) is 5.72. The van der Waals surface area contributed by atoms with Crippen molar-refractivity contribution in [1.82, 2.24) is 20.2 Å². The molecule has 0 spiro atoms. The van der Waals surface area contributed by atoms with E-state index < -0.39 is 0 Å². The molecule has 4 rings (SSSR count). The predicted octanol–water partition coefficient (Wildman–Crippen LogP) is 3.10. The Balaban J connectivity index is 1.27. The number of anilines is 1. The fraction of sp³-hybridized carbons (Fsp3) is 0.522. The van der Waals surface area contributed by atoms with Gasteiger partial charge in [-0.1, -0.05) is 12.1 Å². The molecule has 2 aliphatic heterocycles. The van der Waals surface area contributed by atoms with Crippen molar-refractivity contribution >= 4 is 11.9 Å². The number of nitrogens with zero attached hydrogens (tertiary/aromatic N) is 4. The molecule has 30 heavy (non-hydrogen) atoms. The summed E-state index contributed by atoms with van der Waals surface area (Å²) in [6.07, 6.45) is 9.00. The average Bonchev–Trinajstić information content (AvgIpc) is 3.31. The van der Waals surface area contributed by atoms with Gasteiger partial charge in [-0.05, 0) is 69.4 Å². The number of hydrogen-bond acceptors (Lipinski definition) is 5. The first-order chi connectivity index (χ1) is 14.7. The summed E-state index contributed by atoms with van der Waals surface area (Å²) >= 11 is 0. The lowest BCUT2D eigenvalue weighted by molar-refractivity contribution is -0.125. The standard InChI is InChI=1S/C23H30FN5O/c24-21-8-6-18(7-9-21)20-15-26-23(27-16-20)29-14-3-5-19(17-29)22(30)25-10-4-13-28-11-1-2-12-28/h6-9,15-16,19H,1-5,10-14,17H2,(H,25,30)/t19-/m1/s1. The zero-order valence-electron chi connectivity index (χ0n) is 17.4. The molecule has 2 aliphatic rings. The molecule has 3 heterocycles. The summed E-state index contributed by atoms with van der Waals surface area (Å²) in [7, 11) is 0. The molecule has 7 heteroatoms. The van der Waals surface area contributed by atoms with E-state index in [2.05, 4.69) is 25.1 Å². The Morgan fingerprint density at radius 1 is 1.03 bits per heavy atom. The van der Waals surface area contributed by atoms with Gasteiger partial charge in [0.1, 0.15) is 5.82 Å². The molecule has 2 aromatic rings. The third-order valence-corrected chi connectivity index (χ3v) is 6.04. The molecule has 0 saturated carbocycles. The van der Waals surface area contributed by atoms with E-state index in [1.165, 1.54) is 38.1 Å². The van der Waals surface area contributed by atoms with Crippen LogP contribution in [0.2, 0.25) is 0 Å². The maximum Gasteiger partial charge on any atom is 0.225 e. The molecular formula is C23H30FN5O. The van der Waals surface area contributed by atoms with Crippen LogP contribution in [0.5, 0.6) is 0 Å². The SMILES string of the molecule is O=C(NCCCN1CCCC1)[C@@H]1CCCN(c2ncc(-c3ccc(F)cc3)cn2)C1. The zero-order chi connectivity index (χ0) is 20.8. The lowest BCUT2D eigenvalue weighted by atomic mass is 9.97. The van der Waals surface area contributed by atoms with Crippen LogP contribution in [0.15, 0.2) is 36.7 Å². The number of aromatic nitrogens is 2. The molecule has 1 aromatic heterocycles. The van der Waals surface area contributed by atoms with Crippen LogP contribution < -0.4 is 10.2 Å². The molecule has 1 amide bonds. The second-order valence-corrected chi connectivity index (χ2v) is 8.26. The zero-order valence-corrected chi connectivity index (χ0v) is 17.4. The van der Waals surface area contributed by atoms with Crippen LogP contribution in [-0.4, -0.2) is 60.0 Å². The quantitative estimate of drug-likeness (QED) is 0.710. The normalized spacial score (nSPS) is 19.8. The number of likely N-dealkylation sites (tertiary alicyclic amines) is 1. The van der Waals surface area contributed by atoms with Crippen LogP contribution in [-0.2, 0) is 4.79 Å². The highest BCUT2D eigenvalue weighted by molar-refractivity contribution is 5.79. The van der Waals surface area contributed by atoms with E-state index in [4.69, 9.17) is 0 Å². The number of amides is 1. The summed E-state index contributed by atoms with van der Waals surface area (Å²) in [5.41, 5.74) is 1.73. The Bertz CT molecular complexity index is 820. The second kappa shape index (κ2) is 9.98. The summed E-state index contributed by atoms with van der Waals surface area (Å²) in [5.74, 6) is 0.507. The van der Waals surface area contributed by atoms with Crippen LogP contribution in [0.4, 0.5) is 10.3 Å². The van der Waals surface area contributed by atoms with E-state index in [1.807, 2.05) is 0 Å². The summed E-state index contributed by atoms with van der Waals surface area (Å²) in [5, 5.41) is 3.12. The highest BCUT2D eigenvalue weighted by atomic mass is 19.1. The van der Waals surface area contributed by atoms with Crippen molar-refractivity contribution in [3.05, 3.63) is 42.5 Å². The third-order valence-electron chi connectivity index (χ3n) is 6.04. The van der Waals surface area contributed by atoms with Gasteiger partial charge in [0.2, 0.25) is 11.9 Å². The summed E-state index contributed by atoms with van der Waals surface area (Å²) in [4.78, 5) is 26.2. The maximum absolute atomic E-state index is 13.1. The first-order valence-corrected chi connectivity index (χ1v) is 11.0. The van der Waals surface area contributed by atoms with Crippen LogP contribution in [0.1, 0.15) is 32.1 Å². The van der Waals surface area contributed by atoms with Gasteiger partial charge in [0.25, 0.3) is 0 Å². The van der Waals surface area contributed by atoms with Crippen molar-refractivity contribution in [2.75, 3.05) is 44.2 Å². The number of piperidine rings is 1. The second-order valence-electron chi connectivity index (χ2n) is 8.26. The van der Waals surface area contributed by atoms with Gasteiger partial charge in [-0.25, -0.2) is 14.4 Å². The van der Waals surface area contributed by atoms with Gasteiger partial charge >= 0.3 is 0 Å². The first-order valence-electron chi connectivity index (χ1n) is 11.0. The number of carbonyl (C=O) groups is 1. The van der Waals surface area contributed by atoms with E-state index in [0.717, 1.165) is 50.0 Å². The van der Waals surface area contributed by atoms with Crippen molar-refractivity contribution in [1.29, 1.82) is 0 Å². The number of hydrogen-bond donors (Lipinski definition) is 1.